The Balaban J connectivity index is 2.41. The van der Waals surface area contributed by atoms with Crippen molar-refractivity contribution in [2.45, 2.75) is 52.2 Å². The molecule has 92 valence electrons. The second kappa shape index (κ2) is 5.75. The summed E-state index contributed by atoms with van der Waals surface area (Å²) in [6, 6.07) is 0. The minimum atomic E-state index is -0.249. The zero-order valence-corrected chi connectivity index (χ0v) is 11.4. The van der Waals surface area contributed by atoms with Gasteiger partial charge in [-0.25, -0.2) is 4.98 Å². The van der Waals surface area contributed by atoms with Crippen LogP contribution in [-0.4, -0.2) is 22.7 Å². The molecule has 1 unspecified atom stereocenters. The van der Waals surface area contributed by atoms with E-state index >= 15 is 0 Å². The van der Waals surface area contributed by atoms with Crippen molar-refractivity contribution in [3.63, 3.8) is 0 Å². The number of aromatic nitrogens is 1. The van der Waals surface area contributed by atoms with Crippen LogP contribution in [0.5, 0.6) is 0 Å². The quantitative estimate of drug-likeness (QED) is 0.833. The molecular weight excluding hydrogens is 220 g/mol. The standard InChI is InChI=1S/C12H22N2OS/c1-5-10(15)7-13-6-9-8-16-11(14-9)12(2,3)4/h8,10,13,15H,5-7H2,1-4H3. The van der Waals surface area contributed by atoms with Gasteiger partial charge in [-0.05, 0) is 6.42 Å². The highest BCUT2D eigenvalue weighted by Gasteiger charge is 2.17. The zero-order valence-electron chi connectivity index (χ0n) is 10.6. The number of aliphatic hydroxyl groups excluding tert-OH is 1. The average molecular weight is 242 g/mol. The number of nitrogens with zero attached hydrogens (tertiary/aromatic N) is 1. The average Bonchev–Trinajstić information content (AvgIpc) is 2.65. The molecule has 0 saturated carbocycles. The number of aliphatic hydroxyl groups is 1. The van der Waals surface area contributed by atoms with Crippen molar-refractivity contribution < 1.29 is 5.11 Å². The number of rotatable bonds is 5. The van der Waals surface area contributed by atoms with Crippen LogP contribution >= 0.6 is 11.3 Å². The van der Waals surface area contributed by atoms with E-state index in [2.05, 4.69) is 36.5 Å². The van der Waals surface area contributed by atoms with Crippen LogP contribution < -0.4 is 5.32 Å². The molecule has 1 rings (SSSR count). The van der Waals surface area contributed by atoms with E-state index < -0.39 is 0 Å². The molecule has 1 atom stereocenters. The van der Waals surface area contributed by atoms with Crippen LogP contribution in [0.4, 0.5) is 0 Å². The third-order valence-electron chi connectivity index (χ3n) is 2.35. The summed E-state index contributed by atoms with van der Waals surface area (Å²) in [4.78, 5) is 4.58. The maximum absolute atomic E-state index is 9.39. The molecule has 0 spiro atoms. The molecule has 1 heterocycles. The van der Waals surface area contributed by atoms with E-state index in [-0.39, 0.29) is 11.5 Å². The zero-order chi connectivity index (χ0) is 12.2. The van der Waals surface area contributed by atoms with Crippen molar-refractivity contribution >= 4 is 11.3 Å². The van der Waals surface area contributed by atoms with Crippen LogP contribution in [0.1, 0.15) is 44.8 Å². The van der Waals surface area contributed by atoms with E-state index in [0.29, 0.717) is 6.54 Å². The molecule has 0 aliphatic heterocycles. The van der Waals surface area contributed by atoms with Gasteiger partial charge in [-0.3, -0.25) is 0 Å². The molecule has 16 heavy (non-hydrogen) atoms. The first kappa shape index (κ1) is 13.6. The molecular formula is C12H22N2OS. The van der Waals surface area contributed by atoms with Gasteiger partial charge in [0.1, 0.15) is 0 Å². The Bertz CT molecular complexity index is 317. The summed E-state index contributed by atoms with van der Waals surface area (Å²) >= 11 is 1.71. The minimum absolute atomic E-state index is 0.131. The molecule has 0 aromatic carbocycles. The second-order valence-corrected chi connectivity index (χ2v) is 5.95. The summed E-state index contributed by atoms with van der Waals surface area (Å²) in [5.41, 5.74) is 1.20. The van der Waals surface area contributed by atoms with E-state index in [0.717, 1.165) is 18.7 Å². The molecule has 0 fully saturated rings. The fourth-order valence-corrected chi connectivity index (χ4v) is 2.15. The van der Waals surface area contributed by atoms with Gasteiger partial charge in [0.25, 0.3) is 0 Å². The van der Waals surface area contributed by atoms with Crippen molar-refractivity contribution in [2.75, 3.05) is 6.54 Å². The van der Waals surface area contributed by atoms with Crippen molar-refractivity contribution in [1.29, 1.82) is 0 Å². The van der Waals surface area contributed by atoms with E-state index in [1.54, 1.807) is 11.3 Å². The summed E-state index contributed by atoms with van der Waals surface area (Å²) < 4.78 is 0. The summed E-state index contributed by atoms with van der Waals surface area (Å²) in [5, 5.41) is 15.9. The molecule has 0 aliphatic carbocycles. The number of hydrogen-bond acceptors (Lipinski definition) is 4. The third-order valence-corrected chi connectivity index (χ3v) is 3.67. The molecule has 0 radical (unpaired) electrons. The lowest BCUT2D eigenvalue weighted by Crippen LogP contribution is -2.25. The van der Waals surface area contributed by atoms with Gasteiger partial charge in [-0.15, -0.1) is 11.3 Å². The van der Waals surface area contributed by atoms with Crippen molar-refractivity contribution in [3.8, 4) is 0 Å². The van der Waals surface area contributed by atoms with Gasteiger partial charge >= 0.3 is 0 Å². The van der Waals surface area contributed by atoms with Crippen LogP contribution in [-0.2, 0) is 12.0 Å². The van der Waals surface area contributed by atoms with Gasteiger partial charge in [0.05, 0.1) is 16.8 Å². The van der Waals surface area contributed by atoms with Crippen LogP contribution in [0.15, 0.2) is 5.38 Å². The largest absolute Gasteiger partial charge is 0.392 e. The van der Waals surface area contributed by atoms with Gasteiger partial charge in [0.2, 0.25) is 0 Å². The summed E-state index contributed by atoms with van der Waals surface area (Å²) in [7, 11) is 0. The fraction of sp³-hybridized carbons (Fsp3) is 0.750. The summed E-state index contributed by atoms with van der Waals surface area (Å²) in [6.07, 6.45) is 0.540. The van der Waals surface area contributed by atoms with Gasteiger partial charge in [0, 0.05) is 23.9 Å². The van der Waals surface area contributed by atoms with Gasteiger partial charge in [-0.1, -0.05) is 27.7 Å². The molecule has 3 nitrogen and oxygen atoms in total. The molecule has 0 saturated heterocycles. The molecule has 4 heteroatoms. The Morgan fingerprint density at radius 1 is 1.50 bits per heavy atom. The number of thiazole rings is 1. The Morgan fingerprint density at radius 3 is 2.69 bits per heavy atom. The first-order chi connectivity index (χ1) is 7.43. The Kier molecular flexibility index (Phi) is 4.89. The molecule has 1 aromatic rings. The maximum atomic E-state index is 9.39. The molecule has 2 N–H and O–H groups in total. The monoisotopic (exact) mass is 242 g/mol. The molecule has 0 bridgehead atoms. The van der Waals surface area contributed by atoms with E-state index in [9.17, 15) is 5.11 Å². The highest BCUT2D eigenvalue weighted by atomic mass is 32.1. The third kappa shape index (κ3) is 4.20. The molecule has 0 amide bonds. The maximum Gasteiger partial charge on any atom is 0.0982 e. The van der Waals surface area contributed by atoms with Crippen LogP contribution in [0.2, 0.25) is 0 Å². The smallest absolute Gasteiger partial charge is 0.0982 e. The summed E-state index contributed by atoms with van der Waals surface area (Å²) in [5.74, 6) is 0. The van der Waals surface area contributed by atoms with Crippen molar-refractivity contribution in [1.82, 2.24) is 10.3 Å². The van der Waals surface area contributed by atoms with Gasteiger partial charge in [-0.2, -0.15) is 0 Å². The normalized spacial score (nSPS) is 14.1. The fourth-order valence-electron chi connectivity index (χ4n) is 1.24. The topological polar surface area (TPSA) is 45.1 Å². The second-order valence-electron chi connectivity index (χ2n) is 5.09. The summed E-state index contributed by atoms with van der Waals surface area (Å²) in [6.45, 7) is 9.87. The molecule has 0 aliphatic rings. The predicted octanol–water partition coefficient (Wildman–Crippen LogP) is 2.30. The van der Waals surface area contributed by atoms with Crippen LogP contribution in [0, 0.1) is 0 Å². The number of hydrogen-bond donors (Lipinski definition) is 2. The van der Waals surface area contributed by atoms with Gasteiger partial charge in [0.15, 0.2) is 0 Å². The van der Waals surface area contributed by atoms with Crippen LogP contribution in [0.25, 0.3) is 0 Å². The lowest BCUT2D eigenvalue weighted by atomic mass is 9.98. The molecule has 1 aromatic heterocycles. The van der Waals surface area contributed by atoms with E-state index in [1.807, 2.05) is 6.92 Å². The SMILES string of the molecule is CCC(O)CNCc1csc(C(C)(C)C)n1. The van der Waals surface area contributed by atoms with Crippen LogP contribution in [0.3, 0.4) is 0 Å². The van der Waals surface area contributed by atoms with Gasteiger partial charge < -0.3 is 10.4 Å². The first-order valence-electron chi connectivity index (χ1n) is 5.77. The highest BCUT2D eigenvalue weighted by molar-refractivity contribution is 7.09. The highest BCUT2D eigenvalue weighted by Crippen LogP contribution is 2.25. The Labute approximate surface area is 102 Å². The predicted molar refractivity (Wildman–Crippen MR) is 68.8 cm³/mol. The minimum Gasteiger partial charge on any atom is -0.392 e. The Hall–Kier alpha value is -0.450. The van der Waals surface area contributed by atoms with E-state index in [1.165, 1.54) is 5.01 Å². The lowest BCUT2D eigenvalue weighted by molar-refractivity contribution is 0.167. The number of nitrogens with one attached hydrogen (secondary N) is 1. The van der Waals surface area contributed by atoms with E-state index in [4.69, 9.17) is 0 Å². The lowest BCUT2D eigenvalue weighted by Gasteiger charge is -2.13. The van der Waals surface area contributed by atoms with Crippen molar-refractivity contribution in [2.24, 2.45) is 0 Å². The Morgan fingerprint density at radius 2 is 2.19 bits per heavy atom. The van der Waals surface area contributed by atoms with Crippen molar-refractivity contribution in [3.05, 3.63) is 16.1 Å². The first-order valence-corrected chi connectivity index (χ1v) is 6.65.